The molecule has 3 nitrogen and oxygen atoms in total. The molecule has 2 rings (SSSR count). The minimum Gasteiger partial charge on any atom is -0.498 e. The van der Waals surface area contributed by atoms with E-state index in [2.05, 4.69) is 0 Å². The normalized spacial score (nSPS) is 23.9. The quantitative estimate of drug-likeness (QED) is 0.752. The van der Waals surface area contributed by atoms with Crippen molar-refractivity contribution in [1.82, 2.24) is 0 Å². The molecule has 0 saturated carbocycles. The summed E-state index contributed by atoms with van der Waals surface area (Å²) in [7, 11) is 0. The Bertz CT molecular complexity index is 436. The molecule has 0 amide bonds. The number of rotatable bonds is 3. The third-order valence-electron chi connectivity index (χ3n) is 2.83. The van der Waals surface area contributed by atoms with E-state index in [-0.39, 0.29) is 5.97 Å². The third-order valence-corrected chi connectivity index (χ3v) is 2.83. The van der Waals surface area contributed by atoms with Gasteiger partial charge in [-0.2, -0.15) is 0 Å². The van der Waals surface area contributed by atoms with Gasteiger partial charge in [-0.3, -0.25) is 0 Å². The van der Waals surface area contributed by atoms with Gasteiger partial charge in [0.25, 0.3) is 0 Å². The molecular weight excluding hydrogens is 216 g/mol. The Morgan fingerprint density at radius 1 is 1.35 bits per heavy atom. The third kappa shape index (κ3) is 2.49. The molecule has 0 aromatic heterocycles. The van der Waals surface area contributed by atoms with E-state index >= 15 is 0 Å². The monoisotopic (exact) mass is 232 g/mol. The van der Waals surface area contributed by atoms with Crippen LogP contribution in [0.3, 0.4) is 0 Å². The van der Waals surface area contributed by atoms with Crippen LogP contribution in [0.1, 0.15) is 25.8 Å². The van der Waals surface area contributed by atoms with E-state index < -0.39 is 5.60 Å². The fourth-order valence-electron chi connectivity index (χ4n) is 2.03. The maximum absolute atomic E-state index is 11.6. The lowest BCUT2D eigenvalue weighted by Crippen LogP contribution is -2.33. The fourth-order valence-corrected chi connectivity index (χ4v) is 2.03. The summed E-state index contributed by atoms with van der Waals surface area (Å²) < 4.78 is 10.9. The number of ether oxygens (including phenoxy) is 2. The second kappa shape index (κ2) is 4.62. The number of hydrogen-bond acceptors (Lipinski definition) is 3. The summed E-state index contributed by atoms with van der Waals surface area (Å²) in [5.74, 6) is 0.348. The summed E-state index contributed by atoms with van der Waals surface area (Å²) in [6, 6.07) is 9.74. The maximum atomic E-state index is 11.6. The molecule has 1 aromatic rings. The van der Waals surface area contributed by atoms with Crippen LogP contribution in [0.4, 0.5) is 0 Å². The summed E-state index contributed by atoms with van der Waals surface area (Å²) in [6.45, 7) is 4.37. The molecule has 1 aromatic carbocycles. The molecule has 0 aliphatic carbocycles. The average Bonchev–Trinajstić information content (AvgIpc) is 2.29. The Hall–Kier alpha value is -1.77. The van der Waals surface area contributed by atoms with Gasteiger partial charge in [0.1, 0.15) is 11.4 Å². The van der Waals surface area contributed by atoms with Crippen molar-refractivity contribution in [3.8, 4) is 0 Å². The van der Waals surface area contributed by atoms with Crippen molar-refractivity contribution < 1.29 is 14.3 Å². The van der Waals surface area contributed by atoms with E-state index in [1.54, 1.807) is 0 Å². The van der Waals surface area contributed by atoms with Crippen molar-refractivity contribution in [1.29, 1.82) is 0 Å². The predicted octanol–water partition coefficient (Wildman–Crippen LogP) is 2.77. The Morgan fingerprint density at radius 3 is 2.71 bits per heavy atom. The highest BCUT2D eigenvalue weighted by Crippen LogP contribution is 2.35. The number of hydrogen-bond donors (Lipinski definition) is 0. The van der Waals surface area contributed by atoms with E-state index in [1.165, 1.54) is 6.08 Å². The van der Waals surface area contributed by atoms with Crippen molar-refractivity contribution in [3.05, 3.63) is 47.7 Å². The Labute approximate surface area is 101 Å². The van der Waals surface area contributed by atoms with Gasteiger partial charge in [-0.1, -0.05) is 30.3 Å². The molecule has 0 bridgehead atoms. The smallest absolute Gasteiger partial charge is 0.335 e. The van der Waals surface area contributed by atoms with E-state index in [0.717, 1.165) is 5.56 Å². The molecule has 0 saturated heterocycles. The number of carbonyl (C=O) groups excluding carboxylic acids is 1. The van der Waals surface area contributed by atoms with E-state index in [1.807, 2.05) is 44.2 Å². The lowest BCUT2D eigenvalue weighted by atomic mass is 9.90. The molecule has 1 unspecified atom stereocenters. The van der Waals surface area contributed by atoms with Gasteiger partial charge in [0, 0.05) is 6.42 Å². The zero-order valence-electron chi connectivity index (χ0n) is 10.1. The van der Waals surface area contributed by atoms with Crippen molar-refractivity contribution >= 4 is 5.97 Å². The van der Waals surface area contributed by atoms with Gasteiger partial charge < -0.3 is 9.47 Å². The second-order valence-corrected chi connectivity index (χ2v) is 4.24. The van der Waals surface area contributed by atoms with Crippen LogP contribution in [-0.2, 0) is 19.9 Å². The molecule has 0 spiro atoms. The minimum absolute atomic E-state index is 0.342. The molecule has 1 heterocycles. The van der Waals surface area contributed by atoms with Crippen LogP contribution in [-0.4, -0.2) is 12.6 Å². The molecule has 0 radical (unpaired) electrons. The van der Waals surface area contributed by atoms with Crippen LogP contribution < -0.4 is 0 Å². The van der Waals surface area contributed by atoms with Gasteiger partial charge in [-0.15, -0.1) is 0 Å². The Morgan fingerprint density at radius 2 is 2.06 bits per heavy atom. The van der Waals surface area contributed by atoms with Crippen molar-refractivity contribution in [2.75, 3.05) is 6.61 Å². The minimum atomic E-state index is -0.627. The van der Waals surface area contributed by atoms with Gasteiger partial charge in [0.2, 0.25) is 0 Å². The lowest BCUT2D eigenvalue weighted by Gasteiger charge is -2.33. The molecule has 0 fully saturated rings. The highest BCUT2D eigenvalue weighted by molar-refractivity contribution is 5.84. The van der Waals surface area contributed by atoms with Crippen LogP contribution in [0.15, 0.2) is 42.2 Å². The standard InChI is InChI=1S/C14H16O3/c1-3-16-12-9-13(15)17-14(2,10-12)11-7-5-4-6-8-11/h4-9H,3,10H2,1-2H3. The van der Waals surface area contributed by atoms with Gasteiger partial charge in [0.05, 0.1) is 12.7 Å². The fraction of sp³-hybridized carbons (Fsp3) is 0.357. The summed E-state index contributed by atoms with van der Waals surface area (Å²) in [5, 5.41) is 0. The number of carbonyl (C=O) groups is 1. The molecule has 90 valence electrons. The zero-order chi connectivity index (χ0) is 12.3. The van der Waals surface area contributed by atoms with Gasteiger partial charge >= 0.3 is 5.97 Å². The molecule has 1 aliphatic rings. The second-order valence-electron chi connectivity index (χ2n) is 4.24. The Balaban J connectivity index is 2.28. The number of benzene rings is 1. The zero-order valence-corrected chi connectivity index (χ0v) is 10.1. The van der Waals surface area contributed by atoms with Crippen LogP contribution in [0.2, 0.25) is 0 Å². The largest absolute Gasteiger partial charge is 0.498 e. The van der Waals surface area contributed by atoms with Crippen LogP contribution in [0.25, 0.3) is 0 Å². The van der Waals surface area contributed by atoms with Crippen molar-refractivity contribution in [2.24, 2.45) is 0 Å². The van der Waals surface area contributed by atoms with Crippen molar-refractivity contribution in [2.45, 2.75) is 25.9 Å². The number of cyclic esters (lactones) is 1. The summed E-state index contributed by atoms with van der Waals surface area (Å²) in [4.78, 5) is 11.6. The highest BCUT2D eigenvalue weighted by atomic mass is 16.6. The highest BCUT2D eigenvalue weighted by Gasteiger charge is 2.36. The first kappa shape index (κ1) is 11.7. The van der Waals surface area contributed by atoms with Crippen LogP contribution in [0, 0.1) is 0 Å². The lowest BCUT2D eigenvalue weighted by molar-refractivity contribution is -0.156. The van der Waals surface area contributed by atoms with Gasteiger partial charge in [0.15, 0.2) is 0 Å². The first-order chi connectivity index (χ1) is 8.14. The summed E-state index contributed by atoms with van der Waals surface area (Å²) in [6.07, 6.45) is 2.00. The summed E-state index contributed by atoms with van der Waals surface area (Å²) in [5.41, 5.74) is 0.357. The van der Waals surface area contributed by atoms with E-state index in [9.17, 15) is 4.79 Å². The molecule has 1 aliphatic heterocycles. The molecule has 1 atom stereocenters. The van der Waals surface area contributed by atoms with Gasteiger partial charge in [-0.25, -0.2) is 4.79 Å². The summed E-state index contributed by atoms with van der Waals surface area (Å²) >= 11 is 0. The van der Waals surface area contributed by atoms with Crippen LogP contribution in [0.5, 0.6) is 0 Å². The Kier molecular flexibility index (Phi) is 3.18. The molecular formula is C14H16O3. The first-order valence-corrected chi connectivity index (χ1v) is 5.76. The molecule has 17 heavy (non-hydrogen) atoms. The first-order valence-electron chi connectivity index (χ1n) is 5.76. The maximum Gasteiger partial charge on any atom is 0.335 e. The van der Waals surface area contributed by atoms with Crippen LogP contribution >= 0.6 is 0 Å². The molecule has 0 N–H and O–H groups in total. The van der Waals surface area contributed by atoms with E-state index in [4.69, 9.17) is 9.47 Å². The average molecular weight is 232 g/mol. The van der Waals surface area contributed by atoms with Gasteiger partial charge in [-0.05, 0) is 19.4 Å². The molecule has 3 heteroatoms. The van der Waals surface area contributed by atoms with Crippen molar-refractivity contribution in [3.63, 3.8) is 0 Å². The topological polar surface area (TPSA) is 35.5 Å². The SMILES string of the molecule is CCOC1=CC(=O)OC(C)(c2ccccc2)C1. The van der Waals surface area contributed by atoms with E-state index in [0.29, 0.717) is 18.8 Å². The number of esters is 1. The predicted molar refractivity (Wildman–Crippen MR) is 64.2 cm³/mol.